The van der Waals surface area contributed by atoms with Crippen LogP contribution < -0.4 is 5.32 Å². The summed E-state index contributed by atoms with van der Waals surface area (Å²) in [7, 11) is 1.52. The maximum absolute atomic E-state index is 12.2. The third-order valence-corrected chi connectivity index (χ3v) is 4.18. The van der Waals surface area contributed by atoms with Crippen molar-refractivity contribution in [2.24, 2.45) is 5.41 Å². The summed E-state index contributed by atoms with van der Waals surface area (Å²) in [6.45, 7) is 5.12. The minimum Gasteiger partial charge on any atom is -0.479 e. The Bertz CT molecular complexity index is 420. The van der Waals surface area contributed by atoms with Crippen molar-refractivity contribution in [3.8, 4) is 0 Å². The van der Waals surface area contributed by atoms with Gasteiger partial charge in [0.1, 0.15) is 5.54 Å². The van der Waals surface area contributed by atoms with Crippen molar-refractivity contribution in [3.05, 3.63) is 0 Å². The molecule has 2 amide bonds. The van der Waals surface area contributed by atoms with Gasteiger partial charge >= 0.3 is 5.97 Å². The van der Waals surface area contributed by atoms with Gasteiger partial charge in [-0.15, -0.1) is 0 Å². The van der Waals surface area contributed by atoms with Crippen molar-refractivity contribution >= 4 is 17.8 Å². The third kappa shape index (κ3) is 3.95. The summed E-state index contributed by atoms with van der Waals surface area (Å²) in [5.41, 5.74) is -1.70. The Kier molecular flexibility index (Phi) is 5.36. The minimum absolute atomic E-state index is 0.165. The van der Waals surface area contributed by atoms with Crippen LogP contribution in [0.3, 0.4) is 0 Å². The zero-order chi connectivity index (χ0) is 16.3. The van der Waals surface area contributed by atoms with Gasteiger partial charge in [0.2, 0.25) is 11.8 Å². The molecule has 6 heteroatoms. The Morgan fingerprint density at radius 1 is 1.14 bits per heavy atom. The number of carbonyl (C=O) groups is 3. The fourth-order valence-corrected chi connectivity index (χ4v) is 2.61. The van der Waals surface area contributed by atoms with E-state index in [1.165, 1.54) is 11.9 Å². The van der Waals surface area contributed by atoms with Gasteiger partial charge < -0.3 is 15.3 Å². The molecule has 1 fully saturated rings. The van der Waals surface area contributed by atoms with Crippen LogP contribution in [0.2, 0.25) is 0 Å². The highest BCUT2D eigenvalue weighted by Crippen LogP contribution is 2.33. The summed E-state index contributed by atoms with van der Waals surface area (Å²) in [4.78, 5) is 37.0. The number of carboxylic acids is 1. The molecule has 1 aliphatic rings. The molecule has 0 aromatic heterocycles. The van der Waals surface area contributed by atoms with Crippen LogP contribution in [-0.2, 0) is 14.4 Å². The van der Waals surface area contributed by atoms with E-state index in [0.29, 0.717) is 12.8 Å². The van der Waals surface area contributed by atoms with E-state index in [-0.39, 0.29) is 18.4 Å². The van der Waals surface area contributed by atoms with E-state index in [1.807, 2.05) is 0 Å². The van der Waals surface area contributed by atoms with Crippen molar-refractivity contribution in [1.82, 2.24) is 10.2 Å². The van der Waals surface area contributed by atoms with Crippen LogP contribution in [-0.4, -0.2) is 46.9 Å². The van der Waals surface area contributed by atoms with Crippen LogP contribution in [0.5, 0.6) is 0 Å². The topological polar surface area (TPSA) is 86.7 Å². The average Bonchev–Trinajstić information content (AvgIpc) is 2.42. The fourth-order valence-electron chi connectivity index (χ4n) is 2.61. The predicted octanol–water partition coefficient (Wildman–Crippen LogP) is 1.39. The molecule has 1 aliphatic carbocycles. The summed E-state index contributed by atoms with van der Waals surface area (Å²) in [5.74, 6) is -1.55. The van der Waals surface area contributed by atoms with E-state index in [1.54, 1.807) is 20.8 Å². The van der Waals surface area contributed by atoms with Crippen molar-refractivity contribution < 1.29 is 19.5 Å². The maximum atomic E-state index is 12.2. The van der Waals surface area contributed by atoms with Crippen LogP contribution in [0.1, 0.15) is 52.9 Å². The highest BCUT2D eigenvalue weighted by atomic mass is 16.4. The van der Waals surface area contributed by atoms with Gasteiger partial charge in [0.25, 0.3) is 0 Å². The molecule has 0 spiro atoms. The van der Waals surface area contributed by atoms with Crippen molar-refractivity contribution in [3.63, 3.8) is 0 Å². The molecule has 0 heterocycles. The van der Waals surface area contributed by atoms with E-state index in [2.05, 4.69) is 5.32 Å². The molecule has 2 N–H and O–H groups in total. The number of nitrogens with zero attached hydrogens (tertiary/aromatic N) is 1. The summed E-state index contributed by atoms with van der Waals surface area (Å²) in [6.07, 6.45) is 3.55. The molecule has 0 aromatic rings. The molecule has 120 valence electrons. The first-order chi connectivity index (χ1) is 9.61. The van der Waals surface area contributed by atoms with Crippen molar-refractivity contribution in [1.29, 1.82) is 0 Å². The monoisotopic (exact) mass is 298 g/mol. The molecule has 1 rings (SSSR count). The molecule has 0 aliphatic heterocycles. The van der Waals surface area contributed by atoms with E-state index >= 15 is 0 Å². The molecular weight excluding hydrogens is 272 g/mol. The number of carbonyl (C=O) groups excluding carboxylic acids is 2. The molecule has 0 saturated heterocycles. The third-order valence-electron chi connectivity index (χ3n) is 4.18. The highest BCUT2D eigenvalue weighted by Gasteiger charge is 2.45. The lowest BCUT2D eigenvalue weighted by Gasteiger charge is -2.41. The Hall–Kier alpha value is -1.59. The Labute approximate surface area is 125 Å². The van der Waals surface area contributed by atoms with Gasteiger partial charge in [-0.1, -0.05) is 40.0 Å². The predicted molar refractivity (Wildman–Crippen MR) is 78.7 cm³/mol. The summed E-state index contributed by atoms with van der Waals surface area (Å²) >= 11 is 0. The molecule has 0 radical (unpaired) electrons. The van der Waals surface area contributed by atoms with Crippen LogP contribution in [0, 0.1) is 5.41 Å². The quantitative estimate of drug-likeness (QED) is 0.821. The fraction of sp³-hybridized carbons (Fsp3) is 0.800. The lowest BCUT2D eigenvalue weighted by Crippen LogP contribution is -2.58. The second-order valence-electron chi connectivity index (χ2n) is 6.78. The Balaban J connectivity index is 2.72. The molecule has 0 aromatic carbocycles. The van der Waals surface area contributed by atoms with Crippen molar-refractivity contribution in [2.75, 3.05) is 13.6 Å². The van der Waals surface area contributed by atoms with E-state index < -0.39 is 16.9 Å². The first-order valence-corrected chi connectivity index (χ1v) is 7.39. The zero-order valence-corrected chi connectivity index (χ0v) is 13.4. The number of hydrogen-bond donors (Lipinski definition) is 2. The van der Waals surface area contributed by atoms with Crippen molar-refractivity contribution in [2.45, 2.75) is 58.4 Å². The SMILES string of the molecule is CN(C(=O)CNC(=O)C(C)(C)C)C1(C(=O)O)CCCCC1. The minimum atomic E-state index is -1.12. The normalized spacial score (nSPS) is 17.9. The average molecular weight is 298 g/mol. The molecule has 1 saturated carbocycles. The van der Waals surface area contributed by atoms with Gasteiger partial charge in [-0.2, -0.15) is 0 Å². The Morgan fingerprint density at radius 3 is 2.10 bits per heavy atom. The maximum Gasteiger partial charge on any atom is 0.329 e. The smallest absolute Gasteiger partial charge is 0.329 e. The molecule has 21 heavy (non-hydrogen) atoms. The van der Waals surface area contributed by atoms with E-state index in [0.717, 1.165) is 19.3 Å². The molecule has 0 bridgehead atoms. The summed E-state index contributed by atoms with van der Waals surface area (Å²) < 4.78 is 0. The number of rotatable bonds is 4. The van der Waals surface area contributed by atoms with Gasteiger partial charge in [0.05, 0.1) is 6.54 Å². The largest absolute Gasteiger partial charge is 0.479 e. The number of hydrogen-bond acceptors (Lipinski definition) is 3. The number of likely N-dealkylation sites (N-methyl/N-ethyl adjacent to an activating group) is 1. The molecular formula is C15H26N2O4. The van der Waals surface area contributed by atoms with Crippen LogP contribution in [0.4, 0.5) is 0 Å². The van der Waals surface area contributed by atoms with Gasteiger partial charge in [-0.3, -0.25) is 9.59 Å². The van der Waals surface area contributed by atoms with E-state index in [4.69, 9.17) is 0 Å². The van der Waals surface area contributed by atoms with E-state index in [9.17, 15) is 19.5 Å². The number of carboxylic acid groups (broad SMARTS) is 1. The molecule has 6 nitrogen and oxygen atoms in total. The number of nitrogens with one attached hydrogen (secondary N) is 1. The summed E-state index contributed by atoms with van der Waals surface area (Å²) in [5, 5.41) is 12.1. The lowest BCUT2D eigenvalue weighted by atomic mass is 9.80. The van der Waals surface area contributed by atoms with Crippen LogP contribution >= 0.6 is 0 Å². The zero-order valence-electron chi connectivity index (χ0n) is 13.4. The highest BCUT2D eigenvalue weighted by molar-refractivity contribution is 5.91. The summed E-state index contributed by atoms with van der Waals surface area (Å²) in [6, 6.07) is 0. The first-order valence-electron chi connectivity index (χ1n) is 7.39. The second kappa shape index (κ2) is 6.45. The molecule has 0 atom stereocenters. The number of aliphatic carboxylic acids is 1. The van der Waals surface area contributed by atoms with Gasteiger partial charge in [-0.25, -0.2) is 4.79 Å². The first kappa shape index (κ1) is 17.5. The van der Waals surface area contributed by atoms with Gasteiger partial charge in [0.15, 0.2) is 0 Å². The second-order valence-corrected chi connectivity index (χ2v) is 6.78. The van der Waals surface area contributed by atoms with Gasteiger partial charge in [-0.05, 0) is 12.8 Å². The standard InChI is InChI=1S/C15H26N2O4/c1-14(2,3)12(19)16-10-11(18)17(4)15(13(20)21)8-6-5-7-9-15/h5-10H2,1-4H3,(H,16,19)(H,20,21). The van der Waals surface area contributed by atoms with Crippen LogP contribution in [0.25, 0.3) is 0 Å². The lowest BCUT2D eigenvalue weighted by molar-refractivity contribution is -0.160. The van der Waals surface area contributed by atoms with Gasteiger partial charge in [0, 0.05) is 12.5 Å². The Morgan fingerprint density at radius 2 is 1.67 bits per heavy atom. The molecule has 0 unspecified atom stereocenters. The number of amides is 2. The van der Waals surface area contributed by atoms with Crippen LogP contribution in [0.15, 0.2) is 0 Å².